The average molecular weight is 325 g/mol. The normalized spacial score (nSPS) is 20.2. The summed E-state index contributed by atoms with van der Waals surface area (Å²) in [5, 5.41) is 10.8. The Kier molecular flexibility index (Phi) is 3.61. The second kappa shape index (κ2) is 5.33. The van der Waals surface area contributed by atoms with Crippen molar-refractivity contribution in [2.75, 3.05) is 19.6 Å². The molecule has 2 fully saturated rings. The second-order valence-electron chi connectivity index (χ2n) is 5.41. The molecule has 1 aliphatic carbocycles. The first-order valence-electron chi connectivity index (χ1n) is 6.93. The highest BCUT2D eigenvalue weighted by Crippen LogP contribution is 2.29. The van der Waals surface area contributed by atoms with Crippen molar-refractivity contribution in [1.29, 1.82) is 0 Å². The Hall–Kier alpha value is -2.00. The lowest BCUT2D eigenvalue weighted by molar-refractivity contribution is -0.385. The number of hydrogen-bond donors (Lipinski definition) is 0. The first kappa shape index (κ1) is 14.9. The number of carbonyl (C=O) groups excluding carboxylic acids is 1. The molecule has 1 aliphatic heterocycles. The predicted octanol–water partition coefficient (Wildman–Crippen LogP) is 0.590. The maximum absolute atomic E-state index is 12.5. The van der Waals surface area contributed by atoms with E-state index in [2.05, 4.69) is 0 Å². The molecule has 1 aromatic carbocycles. The molecule has 0 spiro atoms. The lowest BCUT2D eigenvalue weighted by Crippen LogP contribution is -2.52. The predicted molar refractivity (Wildman–Crippen MR) is 76.6 cm³/mol. The first-order chi connectivity index (χ1) is 10.4. The largest absolute Gasteiger partial charge is 0.337 e. The number of amides is 1. The maximum Gasteiger partial charge on any atom is 0.270 e. The molecule has 1 saturated heterocycles. The summed E-state index contributed by atoms with van der Waals surface area (Å²) in [6, 6.07) is 5.14. The van der Waals surface area contributed by atoms with Crippen LogP contribution in [0.3, 0.4) is 0 Å². The third-order valence-corrected chi connectivity index (χ3v) is 5.72. The van der Waals surface area contributed by atoms with E-state index in [0.717, 1.165) is 23.2 Å². The SMILES string of the molecule is O=C1CN(S(=O)(=O)c2cccc([N+](=O)[O-])c2)CCN1C1CC1. The number of nitrogens with zero attached hydrogens (tertiary/aromatic N) is 3. The van der Waals surface area contributed by atoms with E-state index in [1.165, 1.54) is 18.2 Å². The van der Waals surface area contributed by atoms with Crippen LogP contribution in [-0.4, -0.2) is 54.1 Å². The number of rotatable bonds is 4. The highest BCUT2D eigenvalue weighted by molar-refractivity contribution is 7.89. The molecule has 9 heteroatoms. The molecule has 0 N–H and O–H groups in total. The van der Waals surface area contributed by atoms with Crippen LogP contribution in [-0.2, 0) is 14.8 Å². The highest BCUT2D eigenvalue weighted by Gasteiger charge is 2.39. The van der Waals surface area contributed by atoms with Gasteiger partial charge in [-0.2, -0.15) is 4.31 Å². The summed E-state index contributed by atoms with van der Waals surface area (Å²) in [6.45, 7) is 0.381. The van der Waals surface area contributed by atoms with Crippen molar-refractivity contribution >= 4 is 21.6 Å². The zero-order valence-electron chi connectivity index (χ0n) is 11.7. The molecule has 118 valence electrons. The monoisotopic (exact) mass is 325 g/mol. The van der Waals surface area contributed by atoms with Gasteiger partial charge in [0.15, 0.2) is 0 Å². The number of piperazine rings is 1. The van der Waals surface area contributed by atoms with Crippen LogP contribution >= 0.6 is 0 Å². The van der Waals surface area contributed by atoms with Crippen LogP contribution in [0.15, 0.2) is 29.2 Å². The van der Waals surface area contributed by atoms with E-state index >= 15 is 0 Å². The van der Waals surface area contributed by atoms with Crippen molar-refractivity contribution in [2.24, 2.45) is 0 Å². The highest BCUT2D eigenvalue weighted by atomic mass is 32.2. The molecule has 0 atom stereocenters. The lowest BCUT2D eigenvalue weighted by Gasteiger charge is -2.33. The standard InChI is InChI=1S/C13H15N3O5S/c17-13-9-14(6-7-15(13)10-4-5-10)22(20,21)12-3-1-2-11(8-12)16(18)19/h1-3,8,10H,4-7,9H2. The summed E-state index contributed by atoms with van der Waals surface area (Å²) in [5.74, 6) is -0.206. The molecule has 1 amide bonds. The van der Waals surface area contributed by atoms with Crippen molar-refractivity contribution in [3.05, 3.63) is 34.4 Å². The van der Waals surface area contributed by atoms with Crippen LogP contribution in [0.1, 0.15) is 12.8 Å². The van der Waals surface area contributed by atoms with Gasteiger partial charge in [-0.25, -0.2) is 8.42 Å². The number of nitro benzene ring substituents is 1. The number of carbonyl (C=O) groups is 1. The van der Waals surface area contributed by atoms with E-state index < -0.39 is 14.9 Å². The van der Waals surface area contributed by atoms with Crippen LogP contribution in [0, 0.1) is 10.1 Å². The third kappa shape index (κ3) is 2.69. The minimum Gasteiger partial charge on any atom is -0.337 e. The fourth-order valence-electron chi connectivity index (χ4n) is 2.55. The van der Waals surface area contributed by atoms with Crippen LogP contribution < -0.4 is 0 Å². The van der Waals surface area contributed by atoms with Gasteiger partial charge < -0.3 is 4.90 Å². The molecule has 1 aromatic rings. The number of sulfonamides is 1. The maximum atomic E-state index is 12.5. The zero-order chi connectivity index (χ0) is 15.9. The Morgan fingerprint density at radius 1 is 1.23 bits per heavy atom. The molecule has 0 radical (unpaired) electrons. The summed E-state index contributed by atoms with van der Waals surface area (Å²) in [7, 11) is -3.90. The Morgan fingerprint density at radius 3 is 2.55 bits per heavy atom. The van der Waals surface area contributed by atoms with Gasteiger partial charge in [-0.1, -0.05) is 6.07 Å². The molecule has 0 bridgehead atoms. The van der Waals surface area contributed by atoms with Crippen molar-refractivity contribution < 1.29 is 18.1 Å². The number of non-ortho nitro benzene ring substituents is 1. The van der Waals surface area contributed by atoms with E-state index in [-0.39, 0.29) is 35.6 Å². The molecular weight excluding hydrogens is 310 g/mol. The fourth-order valence-corrected chi connectivity index (χ4v) is 3.97. The van der Waals surface area contributed by atoms with Crippen molar-refractivity contribution in [3.63, 3.8) is 0 Å². The van der Waals surface area contributed by atoms with Gasteiger partial charge in [0.25, 0.3) is 5.69 Å². The van der Waals surface area contributed by atoms with Crippen LogP contribution in [0.25, 0.3) is 0 Å². The topological polar surface area (TPSA) is 101 Å². The number of benzene rings is 1. The smallest absolute Gasteiger partial charge is 0.270 e. The summed E-state index contributed by atoms with van der Waals surface area (Å²) in [6.07, 6.45) is 1.95. The van der Waals surface area contributed by atoms with Crippen LogP contribution in [0.2, 0.25) is 0 Å². The van der Waals surface area contributed by atoms with Crippen molar-refractivity contribution in [2.45, 2.75) is 23.8 Å². The van der Waals surface area contributed by atoms with Gasteiger partial charge >= 0.3 is 0 Å². The Balaban J connectivity index is 1.82. The summed E-state index contributed by atoms with van der Waals surface area (Å²) in [5.41, 5.74) is -0.288. The van der Waals surface area contributed by atoms with Crippen molar-refractivity contribution in [1.82, 2.24) is 9.21 Å². The van der Waals surface area contributed by atoms with E-state index in [0.29, 0.717) is 6.54 Å². The van der Waals surface area contributed by atoms with Gasteiger partial charge in [0, 0.05) is 31.3 Å². The van der Waals surface area contributed by atoms with Gasteiger partial charge in [-0.15, -0.1) is 0 Å². The molecule has 1 saturated carbocycles. The number of nitro groups is 1. The van der Waals surface area contributed by atoms with Crippen LogP contribution in [0.5, 0.6) is 0 Å². The summed E-state index contributed by atoms with van der Waals surface area (Å²) >= 11 is 0. The molecule has 2 aliphatic rings. The summed E-state index contributed by atoms with van der Waals surface area (Å²) in [4.78, 5) is 23.7. The lowest BCUT2D eigenvalue weighted by atomic mass is 10.3. The van der Waals surface area contributed by atoms with E-state index in [9.17, 15) is 23.3 Å². The Morgan fingerprint density at radius 2 is 1.95 bits per heavy atom. The molecule has 0 unspecified atom stereocenters. The van der Waals surface area contributed by atoms with Gasteiger partial charge in [0.2, 0.25) is 15.9 Å². The van der Waals surface area contributed by atoms with Crippen molar-refractivity contribution in [3.8, 4) is 0 Å². The second-order valence-corrected chi connectivity index (χ2v) is 7.35. The number of hydrogen-bond acceptors (Lipinski definition) is 5. The average Bonchev–Trinajstić information content (AvgIpc) is 3.32. The van der Waals surface area contributed by atoms with Gasteiger partial charge in [-0.05, 0) is 18.9 Å². The quantitative estimate of drug-likeness (QED) is 0.596. The minimum atomic E-state index is -3.90. The first-order valence-corrected chi connectivity index (χ1v) is 8.37. The molecule has 1 heterocycles. The molecular formula is C13H15N3O5S. The molecule has 22 heavy (non-hydrogen) atoms. The third-order valence-electron chi connectivity index (χ3n) is 3.88. The van der Waals surface area contributed by atoms with E-state index in [1.807, 2.05) is 0 Å². The summed E-state index contributed by atoms with van der Waals surface area (Å²) < 4.78 is 26.2. The van der Waals surface area contributed by atoms with E-state index in [1.54, 1.807) is 4.90 Å². The van der Waals surface area contributed by atoms with Crippen LogP contribution in [0.4, 0.5) is 5.69 Å². The Labute approximate surface area is 127 Å². The molecule has 0 aromatic heterocycles. The van der Waals surface area contributed by atoms with Gasteiger partial charge in [-0.3, -0.25) is 14.9 Å². The van der Waals surface area contributed by atoms with Gasteiger partial charge in [0.1, 0.15) is 0 Å². The molecule has 8 nitrogen and oxygen atoms in total. The molecule has 3 rings (SSSR count). The zero-order valence-corrected chi connectivity index (χ0v) is 12.5. The Bertz CT molecular complexity index is 729. The minimum absolute atomic E-state index is 0.158. The van der Waals surface area contributed by atoms with Gasteiger partial charge in [0.05, 0.1) is 16.4 Å². The fraction of sp³-hybridized carbons (Fsp3) is 0.462. The van der Waals surface area contributed by atoms with E-state index in [4.69, 9.17) is 0 Å².